The molecule has 0 heterocycles. The minimum atomic E-state index is -3.06. The highest BCUT2D eigenvalue weighted by atomic mass is 32.2. The van der Waals surface area contributed by atoms with Crippen LogP contribution >= 0.6 is 0 Å². The van der Waals surface area contributed by atoms with Crippen LogP contribution in [-0.4, -0.2) is 28.8 Å². The molecule has 0 radical (unpaired) electrons. The fraction of sp³-hybridized carbons (Fsp3) is 0.412. The zero-order valence-electron chi connectivity index (χ0n) is 14.0. The van der Waals surface area contributed by atoms with Crippen molar-refractivity contribution in [2.24, 2.45) is 0 Å². The fourth-order valence-corrected chi connectivity index (χ4v) is 1.62. The molecule has 0 aliphatic heterocycles. The van der Waals surface area contributed by atoms with Gasteiger partial charge in [0.1, 0.15) is 0 Å². The highest BCUT2D eigenvalue weighted by Crippen LogP contribution is 2.15. The predicted molar refractivity (Wildman–Crippen MR) is 94.9 cm³/mol. The van der Waals surface area contributed by atoms with E-state index in [0.717, 1.165) is 18.5 Å². The van der Waals surface area contributed by atoms with Crippen LogP contribution in [0.15, 0.2) is 54.5 Å². The first kappa shape index (κ1) is 21.7. The number of anilines is 1. The number of allylic oxidation sites excluding steroid dienone is 2. The normalized spacial score (nSPS) is 9.38. The molecule has 1 aromatic rings. The summed E-state index contributed by atoms with van der Waals surface area (Å²) in [5.74, 6) is 0. The molecule has 0 atom stereocenters. The van der Waals surface area contributed by atoms with Gasteiger partial charge in [0.25, 0.3) is 0 Å². The van der Waals surface area contributed by atoms with E-state index in [1.807, 2.05) is 31.1 Å². The van der Waals surface area contributed by atoms with Gasteiger partial charge in [-0.3, -0.25) is 0 Å². The number of hydrogen-bond donors (Lipinski definition) is 0. The van der Waals surface area contributed by atoms with Crippen LogP contribution in [0.3, 0.4) is 0 Å². The lowest BCUT2D eigenvalue weighted by Gasteiger charge is -2.11. The highest BCUT2D eigenvalue weighted by molar-refractivity contribution is 7.90. The summed E-state index contributed by atoms with van der Waals surface area (Å²) in [6.45, 7) is 11.1. The summed E-state index contributed by atoms with van der Waals surface area (Å²) in [6.07, 6.45) is 7.12. The molecule has 0 amide bonds. The molecule has 4 heteroatoms. The average Bonchev–Trinajstić information content (AvgIpc) is 2.47. The maximum absolute atomic E-state index is 11.1. The third kappa shape index (κ3) is 11.9. The van der Waals surface area contributed by atoms with Crippen molar-refractivity contribution in [1.82, 2.24) is 0 Å². The molecule has 0 aromatic heterocycles. The number of hydrogen-bond acceptors (Lipinski definition) is 3. The summed E-state index contributed by atoms with van der Waals surface area (Å²) in [5, 5.41) is 0. The third-order valence-corrected chi connectivity index (χ3v) is 3.49. The molecule has 0 aliphatic carbocycles. The molecule has 0 N–H and O–H groups in total. The van der Waals surface area contributed by atoms with Crippen molar-refractivity contribution in [2.45, 2.75) is 31.6 Å². The Kier molecular flexibility index (Phi) is 12.6. The van der Waals surface area contributed by atoms with Crippen molar-refractivity contribution in [3.05, 3.63) is 49.6 Å². The van der Waals surface area contributed by atoms with Gasteiger partial charge in [-0.2, -0.15) is 0 Å². The van der Waals surface area contributed by atoms with Crippen molar-refractivity contribution >= 4 is 15.5 Å². The van der Waals surface area contributed by atoms with Gasteiger partial charge in [0.2, 0.25) is 0 Å². The second kappa shape index (κ2) is 12.2. The summed E-state index contributed by atoms with van der Waals surface area (Å²) in [4.78, 5) is 2.28. The van der Waals surface area contributed by atoms with Gasteiger partial charge >= 0.3 is 0 Å². The van der Waals surface area contributed by atoms with E-state index >= 15 is 0 Å². The van der Waals surface area contributed by atoms with Gasteiger partial charge in [0.15, 0.2) is 9.84 Å². The molecule has 0 unspecified atom stereocenters. The number of nitrogens with zero attached hydrogens (tertiary/aromatic N) is 1. The first-order valence-electron chi connectivity index (χ1n) is 6.93. The van der Waals surface area contributed by atoms with Crippen LogP contribution in [0.25, 0.3) is 0 Å². The minimum Gasteiger partial charge on any atom is -0.378 e. The Morgan fingerprint density at radius 2 is 1.33 bits per heavy atom. The summed E-state index contributed by atoms with van der Waals surface area (Å²) < 4.78 is 22.2. The quantitative estimate of drug-likeness (QED) is 0.777. The molecule has 0 saturated heterocycles. The molecule has 1 aromatic carbocycles. The minimum absolute atomic E-state index is 0.359. The second-order valence-corrected chi connectivity index (χ2v) is 6.57. The molecule has 21 heavy (non-hydrogen) atoms. The van der Waals surface area contributed by atoms with Crippen LogP contribution in [-0.2, 0) is 9.84 Å². The maximum Gasteiger partial charge on any atom is 0.175 e. The SMILES string of the molecule is C=CCC.C=CCC.CN(C)c1ccc(S(C)(=O)=O)cc1. The molecular weight excluding hydrogens is 282 g/mol. The van der Waals surface area contributed by atoms with E-state index < -0.39 is 9.84 Å². The first-order valence-corrected chi connectivity index (χ1v) is 8.82. The molecule has 0 aliphatic rings. The lowest BCUT2D eigenvalue weighted by atomic mass is 10.3. The lowest BCUT2D eigenvalue weighted by molar-refractivity contribution is 0.602. The molecule has 0 bridgehead atoms. The number of sulfone groups is 1. The molecule has 0 spiro atoms. The van der Waals surface area contributed by atoms with Crippen molar-refractivity contribution in [2.75, 3.05) is 25.3 Å². The van der Waals surface area contributed by atoms with E-state index in [-0.39, 0.29) is 0 Å². The second-order valence-electron chi connectivity index (χ2n) is 4.55. The van der Waals surface area contributed by atoms with Crippen LogP contribution in [0.4, 0.5) is 5.69 Å². The van der Waals surface area contributed by atoms with Gasteiger partial charge in [-0.25, -0.2) is 8.42 Å². The Balaban J connectivity index is 0. The predicted octanol–water partition coefficient (Wildman–Crippen LogP) is 4.32. The van der Waals surface area contributed by atoms with Gasteiger partial charge in [-0.15, -0.1) is 13.2 Å². The van der Waals surface area contributed by atoms with Gasteiger partial charge < -0.3 is 4.90 Å². The van der Waals surface area contributed by atoms with Crippen molar-refractivity contribution in [1.29, 1.82) is 0 Å². The average molecular weight is 311 g/mol. The maximum atomic E-state index is 11.1. The molecule has 0 fully saturated rings. The zero-order chi connectivity index (χ0) is 16.9. The van der Waals surface area contributed by atoms with E-state index in [0.29, 0.717) is 4.90 Å². The molecular formula is C17H29NO2S. The van der Waals surface area contributed by atoms with Crippen molar-refractivity contribution in [3.8, 4) is 0 Å². The van der Waals surface area contributed by atoms with Crippen LogP contribution in [0, 0.1) is 0 Å². The Labute approximate surface area is 130 Å². The van der Waals surface area contributed by atoms with E-state index in [2.05, 4.69) is 27.0 Å². The van der Waals surface area contributed by atoms with Crippen LogP contribution in [0.1, 0.15) is 26.7 Å². The van der Waals surface area contributed by atoms with E-state index in [9.17, 15) is 8.42 Å². The number of rotatable bonds is 4. The summed E-state index contributed by atoms with van der Waals surface area (Å²) in [6, 6.07) is 6.81. The molecule has 3 nitrogen and oxygen atoms in total. The third-order valence-electron chi connectivity index (χ3n) is 2.36. The monoisotopic (exact) mass is 311 g/mol. The number of benzene rings is 1. The van der Waals surface area contributed by atoms with Gasteiger partial charge in [0.05, 0.1) is 4.90 Å². The molecule has 120 valence electrons. The Bertz CT molecular complexity index is 480. The lowest BCUT2D eigenvalue weighted by Crippen LogP contribution is -2.08. The van der Waals surface area contributed by atoms with E-state index in [1.54, 1.807) is 24.3 Å². The van der Waals surface area contributed by atoms with Gasteiger partial charge in [-0.05, 0) is 37.1 Å². The Morgan fingerprint density at radius 3 is 1.52 bits per heavy atom. The largest absolute Gasteiger partial charge is 0.378 e. The van der Waals surface area contributed by atoms with Crippen molar-refractivity contribution < 1.29 is 8.42 Å². The summed E-state index contributed by atoms with van der Waals surface area (Å²) in [7, 11) is 0.761. The van der Waals surface area contributed by atoms with Crippen LogP contribution in [0.5, 0.6) is 0 Å². The smallest absolute Gasteiger partial charge is 0.175 e. The van der Waals surface area contributed by atoms with Crippen LogP contribution < -0.4 is 4.90 Å². The standard InChI is InChI=1S/C9H13NO2S.2C4H8/c1-10(2)8-4-6-9(7-5-8)13(3,11)12;2*1-3-4-2/h4-7H,1-3H3;2*3H,1,4H2,2H3. The highest BCUT2D eigenvalue weighted by Gasteiger charge is 2.05. The molecule has 1 rings (SSSR count). The Morgan fingerprint density at radius 1 is 1.00 bits per heavy atom. The van der Waals surface area contributed by atoms with Gasteiger partial charge in [0, 0.05) is 26.0 Å². The van der Waals surface area contributed by atoms with E-state index in [4.69, 9.17) is 0 Å². The van der Waals surface area contributed by atoms with Crippen LogP contribution in [0.2, 0.25) is 0 Å². The summed E-state index contributed by atoms with van der Waals surface area (Å²) in [5.41, 5.74) is 0.993. The first-order chi connectivity index (χ1) is 9.74. The molecule has 0 saturated carbocycles. The van der Waals surface area contributed by atoms with Crippen molar-refractivity contribution in [3.63, 3.8) is 0 Å². The van der Waals surface area contributed by atoms with Gasteiger partial charge in [-0.1, -0.05) is 26.0 Å². The zero-order valence-corrected chi connectivity index (χ0v) is 14.8. The van der Waals surface area contributed by atoms with E-state index in [1.165, 1.54) is 6.26 Å². The Hall–Kier alpha value is -1.55. The fourth-order valence-electron chi connectivity index (χ4n) is 0.991. The topological polar surface area (TPSA) is 37.4 Å². The summed E-state index contributed by atoms with van der Waals surface area (Å²) >= 11 is 0.